The lowest BCUT2D eigenvalue weighted by Gasteiger charge is -2.32. The predicted octanol–water partition coefficient (Wildman–Crippen LogP) is 4.46. The van der Waals surface area contributed by atoms with E-state index in [4.69, 9.17) is 4.74 Å². The second-order valence-electron chi connectivity index (χ2n) is 10.2. The lowest BCUT2D eigenvalue weighted by atomic mass is 9.84. The Balaban J connectivity index is 1.13. The van der Waals surface area contributed by atoms with Gasteiger partial charge in [0.25, 0.3) is 11.1 Å². The van der Waals surface area contributed by atoms with Crippen LogP contribution in [0.5, 0.6) is 5.19 Å². The SMILES string of the molecule is CC(F)(F)COc1nc2c(s1)CCN(CC[C@H]1CC[C@H](NC(=O)CCS(=O)(=O)c3ccccc3)CC1)C2. The molecule has 0 radical (unpaired) electrons. The van der Waals surface area contributed by atoms with Gasteiger partial charge in [-0.1, -0.05) is 29.5 Å². The number of amides is 1. The molecule has 1 aromatic carbocycles. The summed E-state index contributed by atoms with van der Waals surface area (Å²) >= 11 is 1.37. The molecule has 2 aromatic rings. The van der Waals surface area contributed by atoms with E-state index in [0.717, 1.165) is 75.7 Å². The maximum absolute atomic E-state index is 13.1. The average molecular weight is 556 g/mol. The standard InChI is InChI=1S/C26H35F2N3O4S2/c1-26(27,28)18-35-25-30-22-17-31(15-12-23(22)36-25)14-11-19-7-9-20(10-8-19)29-24(32)13-16-37(33,34)21-5-3-2-4-6-21/h2-6,19-20H,7-18H2,1H3,(H,29,32)/t19-,20-. The van der Waals surface area contributed by atoms with E-state index in [0.29, 0.717) is 11.1 Å². The zero-order valence-electron chi connectivity index (χ0n) is 21.1. The molecule has 37 heavy (non-hydrogen) atoms. The molecular formula is C26H35F2N3O4S2. The number of alkyl halides is 2. The molecule has 4 rings (SSSR count). The van der Waals surface area contributed by atoms with Crippen LogP contribution in [0.3, 0.4) is 0 Å². The molecule has 1 aliphatic heterocycles. The minimum atomic E-state index is -3.46. The van der Waals surface area contributed by atoms with Crippen molar-refractivity contribution in [2.24, 2.45) is 5.92 Å². The number of aromatic nitrogens is 1. The van der Waals surface area contributed by atoms with E-state index in [9.17, 15) is 22.0 Å². The Kier molecular flexibility index (Phi) is 9.18. The van der Waals surface area contributed by atoms with Crippen molar-refractivity contribution < 1.29 is 26.7 Å². The highest BCUT2D eigenvalue weighted by Gasteiger charge is 2.27. The van der Waals surface area contributed by atoms with Crippen LogP contribution in [-0.2, 0) is 27.6 Å². The van der Waals surface area contributed by atoms with Crippen LogP contribution in [0.2, 0.25) is 0 Å². The number of carbonyl (C=O) groups excluding carboxylic acids is 1. The second kappa shape index (κ2) is 12.2. The Hall–Kier alpha value is -2.11. The minimum Gasteiger partial charge on any atom is -0.464 e. The molecule has 0 unspecified atom stereocenters. The van der Waals surface area contributed by atoms with Gasteiger partial charge in [0.05, 0.1) is 16.3 Å². The molecule has 2 heterocycles. The number of thiazole rings is 1. The summed E-state index contributed by atoms with van der Waals surface area (Å²) in [7, 11) is -3.46. The Bertz CT molecular complexity index is 1140. The summed E-state index contributed by atoms with van der Waals surface area (Å²) in [5.41, 5.74) is 0.936. The number of carbonyl (C=O) groups is 1. The van der Waals surface area contributed by atoms with E-state index in [1.165, 1.54) is 11.3 Å². The Morgan fingerprint density at radius 1 is 1.22 bits per heavy atom. The molecule has 1 aliphatic carbocycles. The molecule has 1 aromatic heterocycles. The second-order valence-corrected chi connectivity index (χ2v) is 13.3. The van der Waals surface area contributed by atoms with E-state index in [1.54, 1.807) is 30.3 Å². The fourth-order valence-electron chi connectivity index (χ4n) is 4.90. The first-order valence-electron chi connectivity index (χ1n) is 12.9. The van der Waals surface area contributed by atoms with Crippen molar-refractivity contribution in [3.63, 3.8) is 0 Å². The number of nitrogens with zero attached hydrogens (tertiary/aromatic N) is 2. The highest BCUT2D eigenvalue weighted by atomic mass is 32.2. The van der Waals surface area contributed by atoms with Crippen molar-refractivity contribution in [3.05, 3.63) is 40.9 Å². The Morgan fingerprint density at radius 3 is 2.65 bits per heavy atom. The minimum absolute atomic E-state index is 0.0294. The summed E-state index contributed by atoms with van der Waals surface area (Å²) < 4.78 is 56.1. The molecule has 2 aliphatic rings. The monoisotopic (exact) mass is 555 g/mol. The van der Waals surface area contributed by atoms with Crippen LogP contribution >= 0.6 is 11.3 Å². The molecular weight excluding hydrogens is 520 g/mol. The summed E-state index contributed by atoms with van der Waals surface area (Å²) in [6.45, 7) is 2.78. The third-order valence-corrected chi connectivity index (χ3v) is 9.80. The summed E-state index contributed by atoms with van der Waals surface area (Å²) in [6.07, 6.45) is 5.77. The summed E-state index contributed by atoms with van der Waals surface area (Å²) in [6, 6.07) is 8.33. The predicted molar refractivity (Wildman–Crippen MR) is 139 cm³/mol. The first kappa shape index (κ1) is 27.9. The lowest BCUT2D eigenvalue weighted by molar-refractivity contribution is -0.121. The van der Waals surface area contributed by atoms with Crippen molar-refractivity contribution in [3.8, 4) is 5.19 Å². The van der Waals surface area contributed by atoms with Gasteiger partial charge in [0.15, 0.2) is 16.4 Å². The molecule has 0 atom stereocenters. The molecule has 11 heteroatoms. The highest BCUT2D eigenvalue weighted by Crippen LogP contribution is 2.32. The molecule has 1 saturated carbocycles. The molecule has 1 N–H and O–H groups in total. The lowest BCUT2D eigenvalue weighted by Crippen LogP contribution is -2.39. The van der Waals surface area contributed by atoms with E-state index in [-0.39, 0.29) is 29.0 Å². The van der Waals surface area contributed by atoms with Gasteiger partial charge in [0.2, 0.25) is 5.91 Å². The van der Waals surface area contributed by atoms with Crippen LogP contribution in [0.1, 0.15) is 56.0 Å². The average Bonchev–Trinajstić information content (AvgIpc) is 3.28. The first-order valence-corrected chi connectivity index (χ1v) is 15.3. The number of benzene rings is 1. The van der Waals surface area contributed by atoms with Crippen molar-refractivity contribution in [2.75, 3.05) is 25.4 Å². The topological polar surface area (TPSA) is 88.6 Å². The molecule has 204 valence electrons. The van der Waals surface area contributed by atoms with Crippen LogP contribution in [0.25, 0.3) is 0 Å². The van der Waals surface area contributed by atoms with Crippen molar-refractivity contribution in [1.82, 2.24) is 15.2 Å². The van der Waals surface area contributed by atoms with E-state index < -0.39 is 22.4 Å². The number of hydrogen-bond acceptors (Lipinski definition) is 7. The number of halogens is 2. The van der Waals surface area contributed by atoms with Gasteiger partial charge >= 0.3 is 0 Å². The third-order valence-electron chi connectivity index (χ3n) is 7.00. The van der Waals surface area contributed by atoms with Crippen LogP contribution < -0.4 is 10.1 Å². The summed E-state index contributed by atoms with van der Waals surface area (Å²) in [4.78, 5) is 20.5. The molecule has 0 saturated heterocycles. The van der Waals surface area contributed by atoms with Gasteiger partial charge in [-0.15, -0.1) is 0 Å². The van der Waals surface area contributed by atoms with Crippen LogP contribution in [0, 0.1) is 5.92 Å². The van der Waals surface area contributed by atoms with Gasteiger partial charge in [-0.25, -0.2) is 22.2 Å². The van der Waals surface area contributed by atoms with Gasteiger partial charge < -0.3 is 10.1 Å². The van der Waals surface area contributed by atoms with Gasteiger partial charge in [0, 0.05) is 37.4 Å². The normalized spacial score (nSPS) is 20.8. The number of fused-ring (bicyclic) bond motifs is 1. The fraction of sp³-hybridized carbons (Fsp3) is 0.615. The zero-order valence-corrected chi connectivity index (χ0v) is 22.8. The number of hydrogen-bond donors (Lipinski definition) is 1. The Morgan fingerprint density at radius 2 is 1.95 bits per heavy atom. The number of rotatable bonds is 11. The van der Waals surface area contributed by atoms with E-state index in [2.05, 4.69) is 15.2 Å². The quantitative estimate of drug-likeness (QED) is 0.440. The van der Waals surface area contributed by atoms with Gasteiger partial charge in [-0.05, 0) is 63.1 Å². The molecule has 1 fully saturated rings. The van der Waals surface area contributed by atoms with Crippen LogP contribution in [0.15, 0.2) is 35.2 Å². The van der Waals surface area contributed by atoms with Crippen LogP contribution in [0.4, 0.5) is 8.78 Å². The third kappa shape index (κ3) is 8.44. The maximum Gasteiger partial charge on any atom is 0.278 e. The number of ether oxygens (including phenoxy) is 1. The number of nitrogens with one attached hydrogen (secondary N) is 1. The zero-order chi connectivity index (χ0) is 26.5. The molecule has 0 bridgehead atoms. The number of sulfone groups is 1. The van der Waals surface area contributed by atoms with Crippen molar-refractivity contribution in [2.45, 2.75) is 75.3 Å². The van der Waals surface area contributed by atoms with Gasteiger partial charge in [-0.2, -0.15) is 0 Å². The largest absolute Gasteiger partial charge is 0.464 e. The molecule has 7 nitrogen and oxygen atoms in total. The van der Waals surface area contributed by atoms with Crippen LogP contribution in [-0.4, -0.2) is 61.6 Å². The Labute approximate surface area is 221 Å². The fourth-order valence-corrected chi connectivity index (χ4v) is 7.07. The van der Waals surface area contributed by atoms with Crippen molar-refractivity contribution >= 4 is 27.1 Å². The maximum atomic E-state index is 13.1. The first-order chi connectivity index (χ1) is 17.6. The van der Waals surface area contributed by atoms with Gasteiger partial charge in [-0.3, -0.25) is 9.69 Å². The van der Waals surface area contributed by atoms with Crippen molar-refractivity contribution in [1.29, 1.82) is 0 Å². The summed E-state index contributed by atoms with van der Waals surface area (Å²) in [5.74, 6) is -2.67. The van der Waals surface area contributed by atoms with E-state index in [1.807, 2.05) is 0 Å². The van der Waals surface area contributed by atoms with E-state index >= 15 is 0 Å². The molecule has 1 amide bonds. The van der Waals surface area contributed by atoms with Gasteiger partial charge in [0.1, 0.15) is 0 Å². The molecule has 0 spiro atoms. The smallest absolute Gasteiger partial charge is 0.278 e. The highest BCUT2D eigenvalue weighted by molar-refractivity contribution is 7.91. The summed E-state index contributed by atoms with van der Waals surface area (Å²) in [5, 5.41) is 3.35.